The Morgan fingerprint density at radius 3 is 2.55 bits per heavy atom. The molecule has 1 amide bonds. The molecule has 0 aromatic heterocycles. The lowest BCUT2D eigenvalue weighted by molar-refractivity contribution is -0.137. The monoisotopic (exact) mass is 273 g/mol. The van der Waals surface area contributed by atoms with Gasteiger partial charge >= 0.3 is 0 Å². The van der Waals surface area contributed by atoms with Gasteiger partial charge in [-0.15, -0.1) is 6.58 Å². The van der Waals surface area contributed by atoms with Crippen LogP contribution >= 0.6 is 0 Å². The average Bonchev–Trinajstić information content (AvgIpc) is 2.39. The van der Waals surface area contributed by atoms with Crippen LogP contribution in [0.3, 0.4) is 0 Å². The van der Waals surface area contributed by atoms with Crippen molar-refractivity contribution < 1.29 is 9.59 Å². The molecule has 1 atom stereocenters. The standard InChI is InChI=1S/C17H23NO2/c1-5-10-18(17(20)14(3)11-15(4)19)12-16-9-7-6-8-13(16)2/h5-9,14H,1,10-12H2,2-4H3/t14-/m1/s1. The topological polar surface area (TPSA) is 37.4 Å². The van der Waals surface area contributed by atoms with Gasteiger partial charge in [-0.3, -0.25) is 4.79 Å². The lowest BCUT2D eigenvalue weighted by Crippen LogP contribution is -2.35. The zero-order valence-corrected chi connectivity index (χ0v) is 12.6. The molecule has 0 aliphatic heterocycles. The first-order valence-corrected chi connectivity index (χ1v) is 6.89. The number of ketones is 1. The number of Topliss-reactive ketones (excluding diaryl/α,β-unsaturated/α-hetero) is 1. The highest BCUT2D eigenvalue weighted by Gasteiger charge is 2.21. The van der Waals surface area contributed by atoms with E-state index in [0.29, 0.717) is 19.5 Å². The van der Waals surface area contributed by atoms with Crippen LogP contribution < -0.4 is 0 Å². The Morgan fingerprint density at radius 2 is 2.00 bits per heavy atom. The molecule has 0 fully saturated rings. The fourth-order valence-electron chi connectivity index (χ4n) is 2.21. The summed E-state index contributed by atoms with van der Waals surface area (Å²) in [6, 6.07) is 8.01. The van der Waals surface area contributed by atoms with E-state index in [1.807, 2.05) is 31.2 Å². The van der Waals surface area contributed by atoms with Crippen LogP contribution in [0.1, 0.15) is 31.4 Å². The summed E-state index contributed by atoms with van der Waals surface area (Å²) in [5.74, 6) is -0.236. The van der Waals surface area contributed by atoms with E-state index in [9.17, 15) is 9.59 Å². The maximum atomic E-state index is 12.4. The number of rotatable bonds is 7. The molecule has 0 spiro atoms. The second-order valence-electron chi connectivity index (χ2n) is 5.24. The van der Waals surface area contributed by atoms with Crippen LogP contribution in [0.5, 0.6) is 0 Å². The molecule has 0 heterocycles. The number of amides is 1. The number of carbonyl (C=O) groups excluding carboxylic acids is 2. The molecule has 1 aromatic carbocycles. The number of benzene rings is 1. The van der Waals surface area contributed by atoms with Crippen LogP contribution in [-0.4, -0.2) is 23.1 Å². The summed E-state index contributed by atoms with van der Waals surface area (Å²) in [6.45, 7) is 10.1. The van der Waals surface area contributed by atoms with Crippen LogP contribution in [0.15, 0.2) is 36.9 Å². The molecule has 1 aromatic rings. The van der Waals surface area contributed by atoms with Crippen molar-refractivity contribution in [3.8, 4) is 0 Å². The van der Waals surface area contributed by atoms with E-state index in [1.165, 1.54) is 6.92 Å². The molecule has 1 rings (SSSR count). The Kier molecular flexibility index (Phi) is 6.16. The second-order valence-corrected chi connectivity index (χ2v) is 5.24. The maximum absolute atomic E-state index is 12.4. The van der Waals surface area contributed by atoms with Gasteiger partial charge in [0, 0.05) is 25.4 Å². The Balaban J connectivity index is 2.83. The fraction of sp³-hybridized carbons (Fsp3) is 0.412. The first-order chi connectivity index (χ1) is 9.45. The van der Waals surface area contributed by atoms with E-state index in [4.69, 9.17) is 0 Å². The molecule has 0 unspecified atom stereocenters. The number of carbonyl (C=O) groups is 2. The SMILES string of the molecule is C=CCN(Cc1ccccc1C)C(=O)[C@H](C)CC(C)=O. The summed E-state index contributed by atoms with van der Waals surface area (Å²) >= 11 is 0. The Labute approximate surface area is 121 Å². The summed E-state index contributed by atoms with van der Waals surface area (Å²) in [6.07, 6.45) is 2.01. The smallest absolute Gasteiger partial charge is 0.226 e. The number of aryl methyl sites for hydroxylation is 1. The molecular weight excluding hydrogens is 250 g/mol. The van der Waals surface area contributed by atoms with E-state index in [0.717, 1.165) is 11.1 Å². The van der Waals surface area contributed by atoms with Gasteiger partial charge in [0.15, 0.2) is 0 Å². The minimum absolute atomic E-state index is 0.00310. The van der Waals surface area contributed by atoms with Gasteiger partial charge in [0.05, 0.1) is 0 Å². The highest BCUT2D eigenvalue weighted by molar-refractivity contribution is 5.85. The van der Waals surface area contributed by atoms with Gasteiger partial charge < -0.3 is 9.69 Å². The van der Waals surface area contributed by atoms with Crippen molar-refractivity contribution in [3.63, 3.8) is 0 Å². The van der Waals surface area contributed by atoms with Crippen molar-refractivity contribution in [2.45, 2.75) is 33.7 Å². The highest BCUT2D eigenvalue weighted by Crippen LogP contribution is 2.14. The van der Waals surface area contributed by atoms with Gasteiger partial charge in [-0.25, -0.2) is 0 Å². The van der Waals surface area contributed by atoms with Gasteiger partial charge in [0.2, 0.25) is 5.91 Å². The van der Waals surface area contributed by atoms with Gasteiger partial charge in [-0.1, -0.05) is 37.3 Å². The third-order valence-electron chi connectivity index (χ3n) is 3.30. The molecular formula is C17H23NO2. The van der Waals surface area contributed by atoms with E-state index in [2.05, 4.69) is 6.58 Å². The predicted octanol–water partition coefficient (Wildman–Crippen LogP) is 3.12. The normalized spacial score (nSPS) is 11.8. The van der Waals surface area contributed by atoms with Crippen molar-refractivity contribution >= 4 is 11.7 Å². The van der Waals surface area contributed by atoms with E-state index in [-0.39, 0.29) is 17.6 Å². The highest BCUT2D eigenvalue weighted by atomic mass is 16.2. The third kappa shape index (κ3) is 4.65. The Hall–Kier alpha value is -1.90. The average molecular weight is 273 g/mol. The van der Waals surface area contributed by atoms with Crippen LogP contribution in [0.25, 0.3) is 0 Å². The zero-order chi connectivity index (χ0) is 15.1. The largest absolute Gasteiger partial charge is 0.334 e. The van der Waals surface area contributed by atoms with E-state index < -0.39 is 0 Å². The molecule has 0 aliphatic carbocycles. The van der Waals surface area contributed by atoms with Crippen LogP contribution in [0.2, 0.25) is 0 Å². The molecule has 0 saturated carbocycles. The second kappa shape index (κ2) is 7.63. The lowest BCUT2D eigenvalue weighted by Gasteiger charge is -2.25. The van der Waals surface area contributed by atoms with E-state index >= 15 is 0 Å². The molecule has 108 valence electrons. The summed E-state index contributed by atoms with van der Waals surface area (Å²) in [7, 11) is 0. The maximum Gasteiger partial charge on any atom is 0.226 e. The van der Waals surface area contributed by atoms with Crippen molar-refractivity contribution in [3.05, 3.63) is 48.0 Å². The minimum Gasteiger partial charge on any atom is -0.334 e. The summed E-state index contributed by atoms with van der Waals surface area (Å²) < 4.78 is 0. The predicted molar refractivity (Wildman–Crippen MR) is 81.3 cm³/mol. The number of hydrogen-bond donors (Lipinski definition) is 0. The molecule has 0 bridgehead atoms. The van der Waals surface area contributed by atoms with Crippen molar-refractivity contribution in [2.24, 2.45) is 5.92 Å². The van der Waals surface area contributed by atoms with Crippen molar-refractivity contribution in [2.75, 3.05) is 6.54 Å². The Bertz CT molecular complexity index is 494. The summed E-state index contributed by atoms with van der Waals surface area (Å²) in [4.78, 5) is 25.3. The number of hydrogen-bond acceptors (Lipinski definition) is 2. The van der Waals surface area contributed by atoms with Gasteiger partial charge in [-0.2, -0.15) is 0 Å². The molecule has 0 radical (unpaired) electrons. The van der Waals surface area contributed by atoms with Crippen molar-refractivity contribution in [1.82, 2.24) is 4.90 Å². The lowest BCUT2D eigenvalue weighted by atomic mass is 10.0. The van der Waals surface area contributed by atoms with Crippen molar-refractivity contribution in [1.29, 1.82) is 0 Å². The molecule has 0 saturated heterocycles. The van der Waals surface area contributed by atoms with E-state index in [1.54, 1.807) is 17.9 Å². The van der Waals surface area contributed by atoms with Gasteiger partial charge in [0.25, 0.3) is 0 Å². The first kappa shape index (κ1) is 16.2. The number of nitrogens with zero attached hydrogens (tertiary/aromatic N) is 1. The molecule has 3 heteroatoms. The molecule has 20 heavy (non-hydrogen) atoms. The zero-order valence-electron chi connectivity index (χ0n) is 12.6. The van der Waals surface area contributed by atoms with Crippen LogP contribution in [0, 0.1) is 12.8 Å². The third-order valence-corrected chi connectivity index (χ3v) is 3.30. The summed E-state index contributed by atoms with van der Waals surface area (Å²) in [5.41, 5.74) is 2.28. The van der Waals surface area contributed by atoms with Crippen LogP contribution in [0.4, 0.5) is 0 Å². The van der Waals surface area contributed by atoms with Crippen LogP contribution in [-0.2, 0) is 16.1 Å². The molecule has 3 nitrogen and oxygen atoms in total. The molecule has 0 N–H and O–H groups in total. The van der Waals surface area contributed by atoms with Gasteiger partial charge in [-0.05, 0) is 25.0 Å². The molecule has 0 aliphatic rings. The Morgan fingerprint density at radius 1 is 1.35 bits per heavy atom. The summed E-state index contributed by atoms with van der Waals surface area (Å²) in [5, 5.41) is 0. The minimum atomic E-state index is -0.281. The first-order valence-electron chi connectivity index (χ1n) is 6.89. The quantitative estimate of drug-likeness (QED) is 0.716. The van der Waals surface area contributed by atoms with Gasteiger partial charge in [0.1, 0.15) is 5.78 Å². The fourth-order valence-corrected chi connectivity index (χ4v) is 2.21.